The number of para-hydroxylation sites is 1. The Morgan fingerprint density at radius 1 is 0.972 bits per heavy atom. The summed E-state index contributed by atoms with van der Waals surface area (Å²) in [6.45, 7) is 4.18. The fraction of sp³-hybridized carbons (Fsp3) is 0.172. The summed E-state index contributed by atoms with van der Waals surface area (Å²) < 4.78 is 23.0. The van der Waals surface area contributed by atoms with Gasteiger partial charge in [-0.25, -0.2) is 4.79 Å². The Kier molecular flexibility index (Phi) is 7.70. The SMILES string of the molecule is COc1ccc2ncc(COc3ccc(C=C(Oc4ccccc4)C(=O)O)cc3)c(OC(C)C)c2c1. The third-order valence-electron chi connectivity index (χ3n) is 5.21. The van der Waals surface area contributed by atoms with Gasteiger partial charge in [0.1, 0.15) is 29.6 Å². The van der Waals surface area contributed by atoms with E-state index in [0.29, 0.717) is 22.8 Å². The Balaban J connectivity index is 1.52. The molecule has 7 heteroatoms. The van der Waals surface area contributed by atoms with E-state index in [-0.39, 0.29) is 18.5 Å². The van der Waals surface area contributed by atoms with Crippen LogP contribution < -0.4 is 18.9 Å². The molecule has 184 valence electrons. The van der Waals surface area contributed by atoms with E-state index in [2.05, 4.69) is 4.98 Å². The highest BCUT2D eigenvalue weighted by Gasteiger charge is 2.14. The quantitative estimate of drug-likeness (QED) is 0.214. The predicted molar refractivity (Wildman–Crippen MR) is 138 cm³/mol. The molecule has 0 fully saturated rings. The maximum absolute atomic E-state index is 11.6. The summed E-state index contributed by atoms with van der Waals surface area (Å²) in [6, 6.07) is 21.5. The van der Waals surface area contributed by atoms with Gasteiger partial charge in [0.2, 0.25) is 5.76 Å². The molecule has 0 unspecified atom stereocenters. The molecule has 1 N–H and O–H groups in total. The lowest BCUT2D eigenvalue weighted by Crippen LogP contribution is -2.10. The lowest BCUT2D eigenvalue weighted by atomic mass is 10.1. The van der Waals surface area contributed by atoms with Crippen molar-refractivity contribution in [2.45, 2.75) is 26.6 Å². The van der Waals surface area contributed by atoms with Crippen molar-refractivity contribution in [3.05, 3.63) is 95.9 Å². The molecular formula is C29H27NO6. The molecule has 7 nitrogen and oxygen atoms in total. The molecule has 0 atom stereocenters. The molecule has 0 aliphatic carbocycles. The van der Waals surface area contributed by atoms with Crippen LogP contribution in [0.2, 0.25) is 0 Å². The number of benzene rings is 3. The first-order valence-electron chi connectivity index (χ1n) is 11.5. The van der Waals surface area contributed by atoms with Crippen LogP contribution >= 0.6 is 0 Å². The standard InChI is InChI=1S/C29H27NO6/c1-19(2)35-28-21(17-30-26-14-13-24(33-3)16-25(26)28)18-34-22-11-9-20(10-12-22)15-27(29(31)32)36-23-7-5-4-6-8-23/h4-17,19H,18H2,1-3H3,(H,31,32). The van der Waals surface area contributed by atoms with E-state index in [1.807, 2.05) is 38.1 Å². The minimum absolute atomic E-state index is 0.0341. The summed E-state index contributed by atoms with van der Waals surface area (Å²) in [7, 11) is 1.62. The molecule has 0 radical (unpaired) electrons. The van der Waals surface area contributed by atoms with Gasteiger partial charge in [-0.05, 0) is 68.0 Å². The van der Waals surface area contributed by atoms with E-state index in [1.165, 1.54) is 6.08 Å². The highest BCUT2D eigenvalue weighted by Crippen LogP contribution is 2.33. The van der Waals surface area contributed by atoms with Crippen LogP contribution in [0.5, 0.6) is 23.0 Å². The molecule has 36 heavy (non-hydrogen) atoms. The third kappa shape index (κ3) is 6.13. The number of hydrogen-bond acceptors (Lipinski definition) is 6. The van der Waals surface area contributed by atoms with Gasteiger partial charge in [0.05, 0.1) is 24.3 Å². The predicted octanol–water partition coefficient (Wildman–Crippen LogP) is 6.11. The van der Waals surface area contributed by atoms with E-state index in [0.717, 1.165) is 22.2 Å². The summed E-state index contributed by atoms with van der Waals surface area (Å²) in [5, 5.41) is 10.4. The second-order valence-corrected chi connectivity index (χ2v) is 8.25. The summed E-state index contributed by atoms with van der Waals surface area (Å²) in [6.07, 6.45) is 3.19. The number of carbonyl (C=O) groups is 1. The lowest BCUT2D eigenvalue weighted by molar-refractivity contribution is -0.134. The maximum atomic E-state index is 11.6. The number of carboxylic acids is 1. The molecule has 0 aliphatic rings. The zero-order valence-corrected chi connectivity index (χ0v) is 20.3. The highest BCUT2D eigenvalue weighted by molar-refractivity contribution is 5.90. The number of fused-ring (bicyclic) bond motifs is 1. The number of methoxy groups -OCH3 is 1. The van der Waals surface area contributed by atoms with E-state index < -0.39 is 5.97 Å². The van der Waals surface area contributed by atoms with Crippen molar-refractivity contribution >= 4 is 22.9 Å². The van der Waals surface area contributed by atoms with Crippen LogP contribution in [0, 0.1) is 0 Å². The van der Waals surface area contributed by atoms with Gasteiger partial charge in [0, 0.05) is 11.6 Å². The monoisotopic (exact) mass is 485 g/mol. The molecule has 0 saturated heterocycles. The number of rotatable bonds is 10. The van der Waals surface area contributed by atoms with E-state index in [4.69, 9.17) is 18.9 Å². The number of hydrogen-bond donors (Lipinski definition) is 1. The zero-order chi connectivity index (χ0) is 25.5. The molecule has 4 rings (SSSR count). The number of aliphatic carboxylic acids is 1. The van der Waals surface area contributed by atoms with Crippen molar-refractivity contribution in [2.24, 2.45) is 0 Å². The van der Waals surface area contributed by atoms with E-state index in [9.17, 15) is 9.90 Å². The Labute approximate surface area is 209 Å². The van der Waals surface area contributed by atoms with Gasteiger partial charge >= 0.3 is 5.97 Å². The number of carboxylic acid groups (broad SMARTS) is 1. The minimum Gasteiger partial charge on any atom is -0.497 e. The normalized spacial score (nSPS) is 11.4. The van der Waals surface area contributed by atoms with Crippen LogP contribution in [0.3, 0.4) is 0 Å². The second kappa shape index (κ2) is 11.3. The van der Waals surface area contributed by atoms with Gasteiger partial charge < -0.3 is 24.1 Å². The Morgan fingerprint density at radius 2 is 1.69 bits per heavy atom. The summed E-state index contributed by atoms with van der Waals surface area (Å²) in [5.74, 6) is 1.16. The van der Waals surface area contributed by atoms with Crippen molar-refractivity contribution < 1.29 is 28.8 Å². The smallest absolute Gasteiger partial charge is 0.371 e. The van der Waals surface area contributed by atoms with Gasteiger partial charge in [-0.1, -0.05) is 30.3 Å². The van der Waals surface area contributed by atoms with Crippen LogP contribution in [-0.2, 0) is 11.4 Å². The van der Waals surface area contributed by atoms with E-state index in [1.54, 1.807) is 61.8 Å². The fourth-order valence-electron chi connectivity index (χ4n) is 3.52. The summed E-state index contributed by atoms with van der Waals surface area (Å²) in [4.78, 5) is 16.2. The molecule has 0 spiro atoms. The first-order valence-corrected chi connectivity index (χ1v) is 11.5. The van der Waals surface area contributed by atoms with Gasteiger partial charge in [0.15, 0.2) is 0 Å². The highest BCUT2D eigenvalue weighted by atomic mass is 16.5. The third-order valence-corrected chi connectivity index (χ3v) is 5.21. The van der Waals surface area contributed by atoms with Crippen molar-refractivity contribution in [3.63, 3.8) is 0 Å². The fourth-order valence-corrected chi connectivity index (χ4v) is 3.52. The molecule has 0 aliphatic heterocycles. The van der Waals surface area contributed by atoms with Crippen LogP contribution in [0.4, 0.5) is 0 Å². The average molecular weight is 486 g/mol. The van der Waals surface area contributed by atoms with Gasteiger partial charge in [-0.2, -0.15) is 0 Å². The van der Waals surface area contributed by atoms with Gasteiger partial charge in [-0.15, -0.1) is 0 Å². The minimum atomic E-state index is -1.16. The van der Waals surface area contributed by atoms with Crippen molar-refractivity contribution in [1.82, 2.24) is 4.98 Å². The van der Waals surface area contributed by atoms with Crippen LogP contribution in [-0.4, -0.2) is 29.3 Å². The molecule has 0 amide bonds. The maximum Gasteiger partial charge on any atom is 0.371 e. The molecule has 3 aromatic carbocycles. The van der Waals surface area contributed by atoms with Gasteiger partial charge in [-0.3, -0.25) is 4.98 Å². The average Bonchev–Trinajstić information content (AvgIpc) is 2.88. The summed E-state index contributed by atoms with van der Waals surface area (Å²) in [5.41, 5.74) is 2.27. The Bertz CT molecular complexity index is 1360. The molecule has 1 heterocycles. The molecule has 4 aromatic rings. The Morgan fingerprint density at radius 3 is 2.36 bits per heavy atom. The zero-order valence-electron chi connectivity index (χ0n) is 20.3. The topological polar surface area (TPSA) is 87.1 Å². The first-order chi connectivity index (χ1) is 17.4. The molecule has 0 saturated carbocycles. The number of nitrogens with zero attached hydrogens (tertiary/aromatic N) is 1. The number of ether oxygens (including phenoxy) is 4. The van der Waals surface area contributed by atoms with Crippen LogP contribution in [0.25, 0.3) is 17.0 Å². The number of pyridine rings is 1. The van der Waals surface area contributed by atoms with Crippen molar-refractivity contribution in [2.75, 3.05) is 7.11 Å². The second-order valence-electron chi connectivity index (χ2n) is 8.25. The van der Waals surface area contributed by atoms with E-state index >= 15 is 0 Å². The molecule has 0 bridgehead atoms. The summed E-state index contributed by atoms with van der Waals surface area (Å²) >= 11 is 0. The van der Waals surface area contributed by atoms with Crippen LogP contribution in [0.15, 0.2) is 84.8 Å². The molecule has 1 aromatic heterocycles. The first kappa shape index (κ1) is 24.6. The van der Waals surface area contributed by atoms with Crippen molar-refractivity contribution in [1.29, 1.82) is 0 Å². The van der Waals surface area contributed by atoms with Crippen molar-refractivity contribution in [3.8, 4) is 23.0 Å². The number of aromatic nitrogens is 1. The Hall–Kier alpha value is -4.52. The lowest BCUT2D eigenvalue weighted by Gasteiger charge is -2.17. The largest absolute Gasteiger partial charge is 0.497 e. The van der Waals surface area contributed by atoms with Gasteiger partial charge in [0.25, 0.3) is 0 Å². The molecular weight excluding hydrogens is 458 g/mol. The van der Waals surface area contributed by atoms with Crippen LogP contribution in [0.1, 0.15) is 25.0 Å².